The van der Waals surface area contributed by atoms with Crippen LogP contribution in [-0.4, -0.2) is 13.2 Å². The van der Waals surface area contributed by atoms with Crippen molar-refractivity contribution < 1.29 is 4.74 Å². The minimum atomic E-state index is 0.766. The summed E-state index contributed by atoms with van der Waals surface area (Å²) in [6, 6.07) is 0. The Morgan fingerprint density at radius 2 is 2.00 bits per heavy atom. The van der Waals surface area contributed by atoms with Gasteiger partial charge in [0, 0.05) is 6.61 Å². The second-order valence-corrected chi connectivity index (χ2v) is 2.33. The van der Waals surface area contributed by atoms with Crippen molar-refractivity contribution >= 4 is 0 Å². The molecule has 0 spiro atoms. The Bertz CT molecular complexity index is 125. The van der Waals surface area contributed by atoms with Gasteiger partial charge in [-0.3, -0.25) is 0 Å². The number of ether oxygens (including phenoxy) is 1. The summed E-state index contributed by atoms with van der Waals surface area (Å²) in [6.07, 6.45) is 0.906. The Labute approximate surface area is 63.4 Å². The highest BCUT2D eigenvalue weighted by Crippen LogP contribution is 2.07. The predicted molar refractivity (Wildman–Crippen MR) is 45.1 cm³/mol. The molecular weight excluding hydrogens is 124 g/mol. The second-order valence-electron chi connectivity index (χ2n) is 2.33. The molecule has 0 atom stereocenters. The number of allylic oxidation sites excluding steroid dienone is 1. The summed E-state index contributed by atoms with van der Waals surface area (Å²) < 4.78 is 5.15. The van der Waals surface area contributed by atoms with Crippen molar-refractivity contribution in [1.82, 2.24) is 0 Å². The van der Waals surface area contributed by atoms with Gasteiger partial charge in [0.25, 0.3) is 0 Å². The van der Waals surface area contributed by atoms with Crippen molar-refractivity contribution in [2.75, 3.05) is 13.2 Å². The van der Waals surface area contributed by atoms with E-state index in [1.54, 1.807) is 0 Å². The molecule has 0 amide bonds. The van der Waals surface area contributed by atoms with Crippen molar-refractivity contribution in [3.8, 4) is 0 Å². The molecule has 0 rings (SSSR count). The molecular formula is C9H16O. The van der Waals surface area contributed by atoms with Gasteiger partial charge in [-0.2, -0.15) is 0 Å². The van der Waals surface area contributed by atoms with E-state index in [-0.39, 0.29) is 0 Å². The lowest BCUT2D eigenvalue weighted by molar-refractivity contribution is 0.151. The van der Waals surface area contributed by atoms with E-state index in [9.17, 15) is 0 Å². The van der Waals surface area contributed by atoms with Crippen molar-refractivity contribution in [2.24, 2.45) is 0 Å². The summed E-state index contributed by atoms with van der Waals surface area (Å²) in [6.45, 7) is 13.1. The molecule has 0 aromatic rings. The molecule has 0 aliphatic carbocycles. The molecule has 0 unspecified atom stereocenters. The van der Waals surface area contributed by atoms with E-state index in [0.717, 1.165) is 30.8 Å². The van der Waals surface area contributed by atoms with Crippen LogP contribution in [0.5, 0.6) is 0 Å². The lowest BCUT2D eigenvalue weighted by Crippen LogP contribution is -1.95. The molecule has 0 aromatic heterocycles. The maximum Gasteiger partial charge on any atom is 0.0506 e. The van der Waals surface area contributed by atoms with Gasteiger partial charge in [0.05, 0.1) is 6.61 Å². The summed E-state index contributed by atoms with van der Waals surface area (Å²) in [5.41, 5.74) is 2.15. The van der Waals surface area contributed by atoms with E-state index in [4.69, 9.17) is 4.74 Å². The summed E-state index contributed by atoms with van der Waals surface area (Å²) in [5.74, 6) is 0. The highest BCUT2D eigenvalue weighted by Gasteiger charge is 1.92. The lowest BCUT2D eigenvalue weighted by atomic mass is 10.1. The van der Waals surface area contributed by atoms with Crippen LogP contribution in [0.1, 0.15) is 20.3 Å². The zero-order valence-electron chi connectivity index (χ0n) is 6.94. The Kier molecular flexibility index (Phi) is 4.95. The lowest BCUT2D eigenvalue weighted by Gasteiger charge is -2.03. The van der Waals surface area contributed by atoms with E-state index in [1.165, 1.54) is 0 Å². The molecule has 58 valence electrons. The second kappa shape index (κ2) is 5.24. The average molecular weight is 140 g/mol. The zero-order valence-corrected chi connectivity index (χ0v) is 6.94. The van der Waals surface area contributed by atoms with E-state index in [1.807, 2.05) is 13.8 Å². The van der Waals surface area contributed by atoms with E-state index in [0.29, 0.717) is 0 Å². The van der Waals surface area contributed by atoms with Gasteiger partial charge in [0.1, 0.15) is 0 Å². The molecule has 0 aromatic carbocycles. The standard InChI is InChI=1S/C9H16O/c1-5-10-7-6-9(4)8(2)3/h2,4-7H2,1,3H3. The van der Waals surface area contributed by atoms with Crippen LogP contribution in [0.25, 0.3) is 0 Å². The first-order valence-corrected chi connectivity index (χ1v) is 3.60. The smallest absolute Gasteiger partial charge is 0.0506 e. The number of hydrogen-bond acceptors (Lipinski definition) is 1. The van der Waals surface area contributed by atoms with Gasteiger partial charge in [-0.25, -0.2) is 0 Å². The molecule has 0 radical (unpaired) electrons. The number of rotatable bonds is 5. The highest BCUT2D eigenvalue weighted by molar-refractivity contribution is 5.22. The Morgan fingerprint density at radius 3 is 2.40 bits per heavy atom. The van der Waals surface area contributed by atoms with Crippen LogP contribution < -0.4 is 0 Å². The first-order chi connectivity index (χ1) is 4.68. The van der Waals surface area contributed by atoms with Crippen LogP contribution in [0.4, 0.5) is 0 Å². The van der Waals surface area contributed by atoms with Crippen molar-refractivity contribution in [3.63, 3.8) is 0 Å². The molecule has 0 aliphatic rings. The summed E-state index contributed by atoms with van der Waals surface area (Å²) in [7, 11) is 0. The third-order valence-electron chi connectivity index (χ3n) is 1.36. The van der Waals surface area contributed by atoms with Crippen molar-refractivity contribution in [2.45, 2.75) is 20.3 Å². The van der Waals surface area contributed by atoms with Crippen LogP contribution in [0, 0.1) is 0 Å². The third kappa shape index (κ3) is 4.33. The Balaban J connectivity index is 3.31. The van der Waals surface area contributed by atoms with Crippen molar-refractivity contribution in [3.05, 3.63) is 24.3 Å². The van der Waals surface area contributed by atoms with E-state index < -0.39 is 0 Å². The van der Waals surface area contributed by atoms with Gasteiger partial charge in [-0.15, -0.1) is 0 Å². The normalized spacial score (nSPS) is 9.40. The first-order valence-electron chi connectivity index (χ1n) is 3.60. The molecule has 1 heteroatoms. The fourth-order valence-electron chi connectivity index (χ4n) is 0.553. The molecule has 10 heavy (non-hydrogen) atoms. The molecule has 1 nitrogen and oxygen atoms in total. The fraction of sp³-hybridized carbons (Fsp3) is 0.556. The SMILES string of the molecule is C=C(C)C(=C)CCOCC. The van der Waals surface area contributed by atoms with Gasteiger partial charge < -0.3 is 4.74 Å². The fourth-order valence-corrected chi connectivity index (χ4v) is 0.553. The topological polar surface area (TPSA) is 9.23 Å². The summed E-state index contributed by atoms with van der Waals surface area (Å²) in [5, 5.41) is 0. The van der Waals surface area contributed by atoms with Gasteiger partial charge >= 0.3 is 0 Å². The maximum absolute atomic E-state index is 5.15. The molecule has 0 saturated carbocycles. The van der Waals surface area contributed by atoms with E-state index >= 15 is 0 Å². The highest BCUT2D eigenvalue weighted by atomic mass is 16.5. The van der Waals surface area contributed by atoms with Gasteiger partial charge in [-0.05, 0) is 20.3 Å². The van der Waals surface area contributed by atoms with Crippen LogP contribution in [-0.2, 0) is 4.74 Å². The minimum absolute atomic E-state index is 0.766. The zero-order chi connectivity index (χ0) is 7.98. The van der Waals surface area contributed by atoms with Crippen LogP contribution in [0.3, 0.4) is 0 Å². The molecule has 0 aliphatic heterocycles. The molecule has 0 fully saturated rings. The Hall–Kier alpha value is -0.560. The van der Waals surface area contributed by atoms with Gasteiger partial charge in [-0.1, -0.05) is 24.3 Å². The molecule has 0 bridgehead atoms. The predicted octanol–water partition coefficient (Wildman–Crippen LogP) is 2.55. The third-order valence-corrected chi connectivity index (χ3v) is 1.36. The average Bonchev–Trinajstić information content (AvgIpc) is 1.88. The maximum atomic E-state index is 5.15. The summed E-state index contributed by atoms with van der Waals surface area (Å²) >= 11 is 0. The quantitative estimate of drug-likeness (QED) is 0.421. The first kappa shape index (κ1) is 9.44. The van der Waals surface area contributed by atoms with Crippen molar-refractivity contribution in [1.29, 1.82) is 0 Å². The minimum Gasteiger partial charge on any atom is -0.381 e. The monoisotopic (exact) mass is 140 g/mol. The Morgan fingerprint density at radius 1 is 1.40 bits per heavy atom. The van der Waals surface area contributed by atoms with Crippen LogP contribution in [0.15, 0.2) is 24.3 Å². The van der Waals surface area contributed by atoms with Crippen LogP contribution in [0.2, 0.25) is 0 Å². The molecule has 0 saturated heterocycles. The van der Waals surface area contributed by atoms with E-state index in [2.05, 4.69) is 13.2 Å². The molecule has 0 heterocycles. The molecule has 0 N–H and O–H groups in total. The largest absolute Gasteiger partial charge is 0.381 e. The van der Waals surface area contributed by atoms with Gasteiger partial charge in [0.2, 0.25) is 0 Å². The number of hydrogen-bond donors (Lipinski definition) is 0. The van der Waals surface area contributed by atoms with Gasteiger partial charge in [0.15, 0.2) is 0 Å². The van der Waals surface area contributed by atoms with Crippen LogP contribution >= 0.6 is 0 Å². The summed E-state index contributed by atoms with van der Waals surface area (Å²) in [4.78, 5) is 0.